The normalized spacial score (nSPS) is 47.7. The van der Waals surface area contributed by atoms with Crippen molar-refractivity contribution in [2.75, 3.05) is 6.54 Å². The Morgan fingerprint density at radius 1 is 1.45 bits per heavy atom. The van der Waals surface area contributed by atoms with Crippen molar-refractivity contribution in [3.63, 3.8) is 0 Å². The summed E-state index contributed by atoms with van der Waals surface area (Å²) in [6, 6.07) is 0.575. The molecule has 3 atom stereocenters. The third-order valence-corrected chi connectivity index (χ3v) is 3.48. The van der Waals surface area contributed by atoms with Gasteiger partial charge in [-0.1, -0.05) is 13.8 Å². The van der Waals surface area contributed by atoms with Crippen molar-refractivity contribution in [2.45, 2.75) is 38.8 Å². The van der Waals surface area contributed by atoms with Gasteiger partial charge in [0, 0.05) is 17.4 Å². The Morgan fingerprint density at radius 2 is 2.18 bits per heavy atom. The number of aliphatic hydroxyl groups excluding tert-OH is 1. The van der Waals surface area contributed by atoms with Crippen LogP contribution in [0.15, 0.2) is 0 Å². The molecule has 0 radical (unpaired) electrons. The van der Waals surface area contributed by atoms with Gasteiger partial charge in [-0.25, -0.2) is 0 Å². The van der Waals surface area contributed by atoms with E-state index in [0.717, 1.165) is 6.54 Å². The van der Waals surface area contributed by atoms with Crippen molar-refractivity contribution in [2.24, 2.45) is 11.3 Å². The molecule has 2 fully saturated rings. The second-order valence-corrected chi connectivity index (χ2v) is 4.50. The molecule has 2 rings (SSSR count). The highest BCUT2D eigenvalue weighted by atomic mass is 16.3. The monoisotopic (exact) mass is 155 g/mol. The van der Waals surface area contributed by atoms with E-state index in [1.807, 2.05) is 0 Å². The van der Waals surface area contributed by atoms with Gasteiger partial charge in [-0.3, -0.25) is 0 Å². The average molecular weight is 155 g/mol. The van der Waals surface area contributed by atoms with Gasteiger partial charge in [-0.05, 0) is 19.4 Å². The zero-order valence-corrected chi connectivity index (χ0v) is 7.30. The Morgan fingerprint density at radius 3 is 2.82 bits per heavy atom. The number of hydrogen-bond acceptors (Lipinski definition) is 2. The average Bonchev–Trinajstić information content (AvgIpc) is 2.04. The van der Waals surface area contributed by atoms with Crippen molar-refractivity contribution in [1.29, 1.82) is 0 Å². The summed E-state index contributed by atoms with van der Waals surface area (Å²) in [7, 11) is 0. The predicted octanol–water partition coefficient (Wildman–Crippen LogP) is 0.755. The summed E-state index contributed by atoms with van der Waals surface area (Å²) in [6.45, 7) is 5.44. The van der Waals surface area contributed by atoms with Crippen LogP contribution in [-0.4, -0.2) is 23.8 Å². The first-order valence-electron chi connectivity index (χ1n) is 4.55. The molecule has 0 aromatic heterocycles. The molecule has 64 valence electrons. The van der Waals surface area contributed by atoms with Crippen LogP contribution in [0.3, 0.4) is 0 Å². The lowest BCUT2D eigenvalue weighted by Crippen LogP contribution is -2.69. The lowest BCUT2D eigenvalue weighted by atomic mass is 9.55. The maximum atomic E-state index is 9.73. The number of aliphatic hydroxyl groups is 1. The molecule has 1 aliphatic heterocycles. The van der Waals surface area contributed by atoms with Crippen molar-refractivity contribution in [3.8, 4) is 0 Å². The summed E-state index contributed by atoms with van der Waals surface area (Å²) in [5.74, 6) is 0.541. The molecule has 2 aliphatic rings. The van der Waals surface area contributed by atoms with Gasteiger partial charge >= 0.3 is 0 Å². The van der Waals surface area contributed by atoms with Crippen molar-refractivity contribution >= 4 is 0 Å². The summed E-state index contributed by atoms with van der Waals surface area (Å²) in [5, 5.41) is 13.2. The van der Waals surface area contributed by atoms with Gasteiger partial charge in [0.1, 0.15) is 0 Å². The lowest BCUT2D eigenvalue weighted by molar-refractivity contribution is -0.144. The van der Waals surface area contributed by atoms with E-state index in [9.17, 15) is 5.11 Å². The first kappa shape index (κ1) is 7.56. The van der Waals surface area contributed by atoms with Gasteiger partial charge in [0.2, 0.25) is 0 Å². The predicted molar refractivity (Wildman–Crippen MR) is 44.3 cm³/mol. The molecule has 0 amide bonds. The van der Waals surface area contributed by atoms with Crippen molar-refractivity contribution < 1.29 is 5.11 Å². The van der Waals surface area contributed by atoms with Crippen molar-refractivity contribution in [3.05, 3.63) is 0 Å². The summed E-state index contributed by atoms with van der Waals surface area (Å²) in [4.78, 5) is 0. The standard InChI is InChI=1S/C9H17NO/c1-9(2)7-6(8(9)11)4-3-5-10-7/h6-8,10-11H,3-5H2,1-2H3/t6-,7+,8-/m1/s1. The van der Waals surface area contributed by atoms with E-state index < -0.39 is 0 Å². The molecule has 1 aliphatic carbocycles. The van der Waals surface area contributed by atoms with E-state index in [0.29, 0.717) is 12.0 Å². The maximum Gasteiger partial charge on any atom is 0.0649 e. The quantitative estimate of drug-likeness (QED) is 0.541. The Bertz CT molecular complexity index is 167. The highest BCUT2D eigenvalue weighted by Crippen LogP contribution is 2.48. The van der Waals surface area contributed by atoms with Gasteiger partial charge in [0.05, 0.1) is 6.10 Å². The highest BCUT2D eigenvalue weighted by Gasteiger charge is 2.55. The zero-order valence-electron chi connectivity index (χ0n) is 7.30. The van der Waals surface area contributed by atoms with E-state index in [1.54, 1.807) is 0 Å². The fourth-order valence-corrected chi connectivity index (χ4v) is 2.69. The molecule has 2 nitrogen and oxygen atoms in total. The van der Waals surface area contributed by atoms with Crippen LogP contribution in [0.25, 0.3) is 0 Å². The van der Waals surface area contributed by atoms with Crippen LogP contribution in [-0.2, 0) is 0 Å². The SMILES string of the molecule is CC1(C)[C@H](O)[C@@H]2CCCN[C@@H]21. The number of nitrogens with one attached hydrogen (secondary N) is 1. The molecule has 1 saturated heterocycles. The molecule has 2 N–H and O–H groups in total. The van der Waals surface area contributed by atoms with Crippen LogP contribution < -0.4 is 5.32 Å². The zero-order chi connectivity index (χ0) is 8.06. The molecule has 0 unspecified atom stereocenters. The molecule has 11 heavy (non-hydrogen) atoms. The van der Waals surface area contributed by atoms with E-state index >= 15 is 0 Å². The topological polar surface area (TPSA) is 32.3 Å². The second-order valence-electron chi connectivity index (χ2n) is 4.50. The van der Waals surface area contributed by atoms with Crippen molar-refractivity contribution in [1.82, 2.24) is 5.32 Å². The fourth-order valence-electron chi connectivity index (χ4n) is 2.69. The minimum atomic E-state index is -0.0692. The van der Waals surface area contributed by atoms with E-state index in [4.69, 9.17) is 0 Å². The van der Waals surface area contributed by atoms with Crippen LogP contribution in [0.1, 0.15) is 26.7 Å². The van der Waals surface area contributed by atoms with E-state index in [1.165, 1.54) is 12.8 Å². The minimum absolute atomic E-state index is 0.0692. The molecular weight excluding hydrogens is 138 g/mol. The second kappa shape index (κ2) is 2.20. The van der Waals surface area contributed by atoms with Crippen LogP contribution in [0.5, 0.6) is 0 Å². The Hall–Kier alpha value is -0.0800. The molecule has 0 bridgehead atoms. The third-order valence-electron chi connectivity index (χ3n) is 3.48. The Balaban J connectivity index is 2.09. The smallest absolute Gasteiger partial charge is 0.0649 e. The molecular formula is C9H17NO. The summed E-state index contributed by atoms with van der Waals surface area (Å²) >= 11 is 0. The fraction of sp³-hybridized carbons (Fsp3) is 1.00. The van der Waals surface area contributed by atoms with Crippen LogP contribution in [0, 0.1) is 11.3 Å². The van der Waals surface area contributed by atoms with Gasteiger partial charge in [-0.15, -0.1) is 0 Å². The molecule has 0 aromatic carbocycles. The number of fused-ring (bicyclic) bond motifs is 1. The van der Waals surface area contributed by atoms with Gasteiger partial charge in [0.15, 0.2) is 0 Å². The van der Waals surface area contributed by atoms with E-state index in [2.05, 4.69) is 19.2 Å². The van der Waals surface area contributed by atoms with Crippen LogP contribution in [0.4, 0.5) is 0 Å². The molecule has 0 spiro atoms. The minimum Gasteiger partial charge on any atom is -0.392 e. The molecule has 1 heterocycles. The number of hydrogen-bond donors (Lipinski definition) is 2. The Kier molecular flexibility index (Phi) is 1.52. The summed E-state index contributed by atoms with van der Waals surface area (Å²) in [6.07, 6.45) is 2.37. The number of piperidine rings is 1. The Labute approximate surface area is 68.0 Å². The number of rotatable bonds is 0. The van der Waals surface area contributed by atoms with Gasteiger partial charge in [-0.2, -0.15) is 0 Å². The molecule has 1 saturated carbocycles. The van der Waals surface area contributed by atoms with Gasteiger partial charge in [0.25, 0.3) is 0 Å². The summed E-state index contributed by atoms with van der Waals surface area (Å²) < 4.78 is 0. The first-order valence-corrected chi connectivity index (χ1v) is 4.55. The first-order chi connectivity index (χ1) is 5.14. The lowest BCUT2D eigenvalue weighted by Gasteiger charge is -2.58. The summed E-state index contributed by atoms with van der Waals surface area (Å²) in [5.41, 5.74) is 0.116. The van der Waals surface area contributed by atoms with Crippen LogP contribution in [0.2, 0.25) is 0 Å². The van der Waals surface area contributed by atoms with Gasteiger partial charge < -0.3 is 10.4 Å². The highest BCUT2D eigenvalue weighted by molar-refractivity contribution is 5.09. The van der Waals surface area contributed by atoms with E-state index in [-0.39, 0.29) is 11.5 Å². The largest absolute Gasteiger partial charge is 0.392 e. The maximum absolute atomic E-state index is 9.73. The van der Waals surface area contributed by atoms with Crippen LogP contribution >= 0.6 is 0 Å². The third kappa shape index (κ3) is 0.859. The molecule has 2 heteroatoms. The molecule has 0 aromatic rings.